The number of carbonyl (C=O) groups excluding carboxylic acids is 1. The van der Waals surface area contributed by atoms with E-state index in [-0.39, 0.29) is 11.3 Å². The molecule has 2 heteroatoms. The Balaban J connectivity index is 2.13. The van der Waals surface area contributed by atoms with Gasteiger partial charge in [0.25, 0.3) is 0 Å². The Morgan fingerprint density at radius 1 is 1.38 bits per heavy atom. The van der Waals surface area contributed by atoms with E-state index in [9.17, 15) is 9.90 Å². The summed E-state index contributed by atoms with van der Waals surface area (Å²) in [6.45, 7) is 1.93. The second kappa shape index (κ2) is 4.38. The molecule has 0 aliphatic heterocycles. The first-order valence-electron chi connectivity index (χ1n) is 5.84. The van der Waals surface area contributed by atoms with Crippen molar-refractivity contribution in [2.24, 2.45) is 5.41 Å². The third-order valence-corrected chi connectivity index (χ3v) is 3.68. The standard InChI is InChI=1S/C14H18O2/c1-14(10-15)8-7-12(13(16)9-14)11-5-3-2-4-6-11/h2-6,10,12-13,16H,7-9H2,1H3. The first kappa shape index (κ1) is 11.3. The Hall–Kier alpha value is -1.15. The van der Waals surface area contributed by atoms with Crippen molar-refractivity contribution < 1.29 is 9.90 Å². The normalized spacial score (nSPS) is 34.6. The number of aliphatic hydroxyl groups is 1. The van der Waals surface area contributed by atoms with Gasteiger partial charge in [-0.15, -0.1) is 0 Å². The highest BCUT2D eigenvalue weighted by molar-refractivity contribution is 5.59. The number of hydrogen-bond donors (Lipinski definition) is 1. The highest BCUT2D eigenvalue weighted by Gasteiger charge is 2.37. The average Bonchev–Trinajstić information content (AvgIpc) is 2.30. The van der Waals surface area contributed by atoms with Gasteiger partial charge in [-0.25, -0.2) is 0 Å². The van der Waals surface area contributed by atoms with E-state index < -0.39 is 6.10 Å². The van der Waals surface area contributed by atoms with E-state index in [4.69, 9.17) is 0 Å². The fourth-order valence-electron chi connectivity index (χ4n) is 2.60. The monoisotopic (exact) mass is 218 g/mol. The summed E-state index contributed by atoms with van der Waals surface area (Å²) in [5, 5.41) is 10.1. The van der Waals surface area contributed by atoms with E-state index in [1.165, 1.54) is 5.56 Å². The van der Waals surface area contributed by atoms with E-state index in [0.717, 1.165) is 19.1 Å². The summed E-state index contributed by atoms with van der Waals surface area (Å²) in [6, 6.07) is 10.1. The van der Waals surface area contributed by atoms with Gasteiger partial charge in [0.1, 0.15) is 6.29 Å². The van der Waals surface area contributed by atoms with Crippen LogP contribution in [0.3, 0.4) is 0 Å². The molecule has 3 unspecified atom stereocenters. The zero-order valence-electron chi connectivity index (χ0n) is 9.60. The Morgan fingerprint density at radius 2 is 2.06 bits per heavy atom. The molecule has 1 aliphatic carbocycles. The topological polar surface area (TPSA) is 37.3 Å². The molecule has 1 aliphatic rings. The van der Waals surface area contributed by atoms with Crippen LogP contribution >= 0.6 is 0 Å². The fourth-order valence-corrected chi connectivity index (χ4v) is 2.60. The van der Waals surface area contributed by atoms with E-state index in [1.807, 2.05) is 25.1 Å². The van der Waals surface area contributed by atoms with Gasteiger partial charge in [-0.2, -0.15) is 0 Å². The lowest BCUT2D eigenvalue weighted by Gasteiger charge is -2.37. The van der Waals surface area contributed by atoms with E-state index in [0.29, 0.717) is 6.42 Å². The molecular weight excluding hydrogens is 200 g/mol. The fraction of sp³-hybridized carbons (Fsp3) is 0.500. The summed E-state index contributed by atoms with van der Waals surface area (Å²) in [4.78, 5) is 11.0. The molecule has 3 atom stereocenters. The van der Waals surface area contributed by atoms with Crippen LogP contribution in [0.5, 0.6) is 0 Å². The van der Waals surface area contributed by atoms with Crippen molar-refractivity contribution in [2.75, 3.05) is 0 Å². The molecule has 1 aromatic carbocycles. The SMILES string of the molecule is CC1(C=O)CCC(c2ccccc2)C(O)C1. The van der Waals surface area contributed by atoms with Crippen LogP contribution in [-0.2, 0) is 4.79 Å². The summed E-state index contributed by atoms with van der Waals surface area (Å²) in [5.74, 6) is 0.189. The third kappa shape index (κ3) is 2.17. The highest BCUT2D eigenvalue weighted by atomic mass is 16.3. The second-order valence-corrected chi connectivity index (χ2v) is 5.10. The molecule has 0 aromatic heterocycles. The van der Waals surface area contributed by atoms with Crippen LogP contribution < -0.4 is 0 Å². The van der Waals surface area contributed by atoms with Gasteiger partial charge in [0.2, 0.25) is 0 Å². The van der Waals surface area contributed by atoms with Crippen molar-refractivity contribution in [2.45, 2.75) is 38.2 Å². The lowest BCUT2D eigenvalue weighted by Crippen LogP contribution is -2.35. The van der Waals surface area contributed by atoms with Crippen LogP contribution in [0.2, 0.25) is 0 Å². The number of aldehydes is 1. The first-order chi connectivity index (χ1) is 7.64. The number of hydrogen-bond acceptors (Lipinski definition) is 2. The largest absolute Gasteiger partial charge is 0.392 e. The molecule has 16 heavy (non-hydrogen) atoms. The van der Waals surface area contributed by atoms with E-state index in [1.54, 1.807) is 0 Å². The van der Waals surface area contributed by atoms with Crippen LogP contribution in [0.25, 0.3) is 0 Å². The average molecular weight is 218 g/mol. The van der Waals surface area contributed by atoms with Crippen LogP contribution in [0.4, 0.5) is 0 Å². The second-order valence-electron chi connectivity index (χ2n) is 5.10. The quantitative estimate of drug-likeness (QED) is 0.774. The van der Waals surface area contributed by atoms with E-state index in [2.05, 4.69) is 12.1 Å². The van der Waals surface area contributed by atoms with Crippen LogP contribution in [0.1, 0.15) is 37.7 Å². The predicted octanol–water partition coefficient (Wildman–Crippen LogP) is 2.52. The van der Waals surface area contributed by atoms with Crippen LogP contribution in [0.15, 0.2) is 30.3 Å². The molecule has 1 saturated carbocycles. The molecule has 0 heterocycles. The van der Waals surface area contributed by atoms with Gasteiger partial charge in [0.05, 0.1) is 6.10 Å². The molecule has 1 N–H and O–H groups in total. The zero-order chi connectivity index (χ0) is 11.6. The summed E-state index contributed by atoms with van der Waals surface area (Å²) in [6.07, 6.45) is 2.94. The van der Waals surface area contributed by atoms with Gasteiger partial charge in [-0.05, 0) is 24.8 Å². The molecule has 1 fully saturated rings. The minimum atomic E-state index is -0.397. The summed E-state index contributed by atoms with van der Waals surface area (Å²) >= 11 is 0. The van der Waals surface area contributed by atoms with Gasteiger partial charge in [-0.1, -0.05) is 37.3 Å². The van der Waals surface area contributed by atoms with Crippen molar-refractivity contribution in [3.63, 3.8) is 0 Å². The molecule has 86 valence electrons. The van der Waals surface area contributed by atoms with Crippen LogP contribution in [0, 0.1) is 5.41 Å². The Labute approximate surface area is 96.3 Å². The molecule has 0 saturated heterocycles. The zero-order valence-corrected chi connectivity index (χ0v) is 9.60. The van der Waals surface area contributed by atoms with Crippen LogP contribution in [-0.4, -0.2) is 17.5 Å². The van der Waals surface area contributed by atoms with Crippen molar-refractivity contribution in [3.05, 3.63) is 35.9 Å². The molecule has 2 nitrogen and oxygen atoms in total. The lowest BCUT2D eigenvalue weighted by molar-refractivity contribution is -0.119. The van der Waals surface area contributed by atoms with Gasteiger partial charge in [0.15, 0.2) is 0 Å². The maximum atomic E-state index is 11.0. The Kier molecular flexibility index (Phi) is 3.10. The number of carbonyl (C=O) groups is 1. The van der Waals surface area contributed by atoms with Crippen molar-refractivity contribution in [1.29, 1.82) is 0 Å². The minimum Gasteiger partial charge on any atom is -0.392 e. The molecule has 0 spiro atoms. The maximum Gasteiger partial charge on any atom is 0.125 e. The van der Waals surface area contributed by atoms with E-state index >= 15 is 0 Å². The molecule has 1 aromatic rings. The summed E-state index contributed by atoms with van der Waals surface area (Å²) in [5.41, 5.74) is 0.855. The van der Waals surface area contributed by atoms with Gasteiger partial charge in [0, 0.05) is 11.3 Å². The first-order valence-corrected chi connectivity index (χ1v) is 5.84. The van der Waals surface area contributed by atoms with Gasteiger partial charge >= 0.3 is 0 Å². The Bertz CT molecular complexity index is 360. The smallest absolute Gasteiger partial charge is 0.125 e. The number of rotatable bonds is 2. The van der Waals surface area contributed by atoms with Crippen molar-refractivity contribution in [1.82, 2.24) is 0 Å². The van der Waals surface area contributed by atoms with Crippen molar-refractivity contribution >= 4 is 6.29 Å². The summed E-state index contributed by atoms with van der Waals surface area (Å²) < 4.78 is 0. The van der Waals surface area contributed by atoms with Gasteiger partial charge in [-0.3, -0.25) is 0 Å². The third-order valence-electron chi connectivity index (χ3n) is 3.68. The Morgan fingerprint density at radius 3 is 2.62 bits per heavy atom. The minimum absolute atomic E-state index is 0.189. The van der Waals surface area contributed by atoms with Crippen molar-refractivity contribution in [3.8, 4) is 0 Å². The number of aliphatic hydroxyl groups excluding tert-OH is 1. The molecule has 0 amide bonds. The maximum absolute atomic E-state index is 11.0. The number of benzene rings is 1. The molecular formula is C14H18O2. The summed E-state index contributed by atoms with van der Waals surface area (Å²) in [7, 11) is 0. The van der Waals surface area contributed by atoms with Gasteiger partial charge < -0.3 is 9.90 Å². The predicted molar refractivity (Wildman–Crippen MR) is 63.2 cm³/mol. The molecule has 0 bridgehead atoms. The molecule has 2 rings (SSSR count). The lowest BCUT2D eigenvalue weighted by atomic mass is 9.69. The highest BCUT2D eigenvalue weighted by Crippen LogP contribution is 2.41. The molecule has 0 radical (unpaired) electrons.